The Labute approximate surface area is 121 Å². The first kappa shape index (κ1) is 14.6. The fourth-order valence-electron chi connectivity index (χ4n) is 2.28. The summed E-state index contributed by atoms with van der Waals surface area (Å²) in [4.78, 5) is 13.9. The van der Waals surface area contributed by atoms with Gasteiger partial charge in [0.25, 0.3) is 0 Å². The average Bonchev–Trinajstić information content (AvgIpc) is 2.52. The molecule has 1 aliphatic heterocycles. The summed E-state index contributed by atoms with van der Waals surface area (Å²) in [7, 11) is 0. The minimum Gasteiger partial charge on any atom is -0.494 e. The van der Waals surface area contributed by atoms with Crippen molar-refractivity contribution in [1.29, 1.82) is 0 Å². The van der Waals surface area contributed by atoms with Crippen molar-refractivity contribution in [2.75, 3.05) is 19.7 Å². The fraction of sp³-hybridized carbons (Fsp3) is 0.471. The van der Waals surface area contributed by atoms with Gasteiger partial charge in [-0.2, -0.15) is 0 Å². The van der Waals surface area contributed by atoms with Gasteiger partial charge in [0, 0.05) is 19.2 Å². The van der Waals surface area contributed by atoms with E-state index in [-0.39, 0.29) is 5.91 Å². The van der Waals surface area contributed by atoms with Crippen molar-refractivity contribution in [1.82, 2.24) is 4.90 Å². The molecule has 2 rings (SSSR count). The van der Waals surface area contributed by atoms with Crippen LogP contribution in [0.2, 0.25) is 0 Å². The van der Waals surface area contributed by atoms with Gasteiger partial charge in [-0.15, -0.1) is 0 Å². The number of carbonyl (C=O) groups is 1. The second-order valence-electron chi connectivity index (χ2n) is 5.14. The number of piperidine rings is 1. The molecule has 20 heavy (non-hydrogen) atoms. The van der Waals surface area contributed by atoms with Gasteiger partial charge in [-0.05, 0) is 49.5 Å². The van der Waals surface area contributed by atoms with E-state index in [4.69, 9.17) is 4.74 Å². The summed E-state index contributed by atoms with van der Waals surface area (Å²) in [5, 5.41) is 0. The molecule has 1 aromatic rings. The molecule has 1 amide bonds. The summed E-state index contributed by atoms with van der Waals surface area (Å²) in [5.74, 6) is 1.00. The molecule has 0 bridgehead atoms. The lowest BCUT2D eigenvalue weighted by Gasteiger charge is -2.25. The van der Waals surface area contributed by atoms with E-state index >= 15 is 0 Å². The first-order valence-corrected chi connectivity index (χ1v) is 7.49. The van der Waals surface area contributed by atoms with Crippen molar-refractivity contribution >= 4 is 12.0 Å². The van der Waals surface area contributed by atoms with Crippen molar-refractivity contribution in [3.63, 3.8) is 0 Å². The third kappa shape index (κ3) is 4.41. The average molecular weight is 273 g/mol. The van der Waals surface area contributed by atoms with E-state index < -0.39 is 0 Å². The van der Waals surface area contributed by atoms with Crippen molar-refractivity contribution in [3.05, 3.63) is 35.9 Å². The van der Waals surface area contributed by atoms with E-state index in [1.54, 1.807) is 6.08 Å². The zero-order valence-electron chi connectivity index (χ0n) is 12.2. The largest absolute Gasteiger partial charge is 0.494 e. The molecule has 0 atom stereocenters. The molecular weight excluding hydrogens is 250 g/mol. The van der Waals surface area contributed by atoms with Crippen LogP contribution < -0.4 is 4.74 Å². The van der Waals surface area contributed by atoms with Crippen LogP contribution >= 0.6 is 0 Å². The second-order valence-corrected chi connectivity index (χ2v) is 5.14. The van der Waals surface area contributed by atoms with Crippen LogP contribution in [0, 0.1) is 0 Å². The highest BCUT2D eigenvalue weighted by molar-refractivity contribution is 5.91. The highest BCUT2D eigenvalue weighted by Crippen LogP contribution is 2.14. The first-order chi connectivity index (χ1) is 9.79. The van der Waals surface area contributed by atoms with Gasteiger partial charge < -0.3 is 9.64 Å². The maximum absolute atomic E-state index is 12.0. The van der Waals surface area contributed by atoms with Crippen molar-refractivity contribution in [2.24, 2.45) is 0 Å². The molecule has 0 N–H and O–H groups in total. The molecule has 0 spiro atoms. The summed E-state index contributed by atoms with van der Waals surface area (Å²) in [6, 6.07) is 7.84. The van der Waals surface area contributed by atoms with Gasteiger partial charge in [0.1, 0.15) is 5.75 Å². The highest BCUT2D eigenvalue weighted by Gasteiger charge is 2.13. The number of rotatable bonds is 5. The van der Waals surface area contributed by atoms with Gasteiger partial charge in [-0.1, -0.05) is 19.1 Å². The van der Waals surface area contributed by atoms with E-state index in [9.17, 15) is 4.79 Å². The number of benzene rings is 1. The van der Waals surface area contributed by atoms with E-state index in [0.29, 0.717) is 0 Å². The minimum atomic E-state index is 0.121. The Morgan fingerprint density at radius 2 is 1.90 bits per heavy atom. The first-order valence-electron chi connectivity index (χ1n) is 7.49. The molecule has 0 radical (unpaired) electrons. The zero-order chi connectivity index (χ0) is 14.2. The lowest BCUT2D eigenvalue weighted by Crippen LogP contribution is -2.34. The molecule has 1 saturated heterocycles. The van der Waals surface area contributed by atoms with Crippen LogP contribution in [0.1, 0.15) is 38.2 Å². The molecule has 0 unspecified atom stereocenters. The standard InChI is InChI=1S/C17H23NO2/c1-2-14-20-16-9-6-15(7-10-16)8-11-17(19)18-12-4-3-5-13-18/h6-11H,2-5,12-14H2,1H3/b11-8+. The molecule has 0 saturated carbocycles. The zero-order valence-corrected chi connectivity index (χ0v) is 12.2. The fourth-order valence-corrected chi connectivity index (χ4v) is 2.28. The number of hydrogen-bond acceptors (Lipinski definition) is 2. The van der Waals surface area contributed by atoms with Gasteiger partial charge in [-0.25, -0.2) is 0 Å². The van der Waals surface area contributed by atoms with Crippen molar-refractivity contribution in [2.45, 2.75) is 32.6 Å². The van der Waals surface area contributed by atoms with Crippen molar-refractivity contribution in [3.8, 4) is 5.75 Å². The normalized spacial score (nSPS) is 15.6. The third-order valence-electron chi connectivity index (χ3n) is 3.44. The third-order valence-corrected chi connectivity index (χ3v) is 3.44. The number of likely N-dealkylation sites (tertiary alicyclic amines) is 1. The van der Waals surface area contributed by atoms with Gasteiger partial charge in [-0.3, -0.25) is 4.79 Å². The number of carbonyl (C=O) groups excluding carboxylic acids is 1. The van der Waals surface area contributed by atoms with Crippen LogP contribution in [0.3, 0.4) is 0 Å². The lowest BCUT2D eigenvalue weighted by atomic mass is 10.1. The Morgan fingerprint density at radius 1 is 1.20 bits per heavy atom. The minimum absolute atomic E-state index is 0.121. The molecular formula is C17H23NO2. The summed E-state index contributed by atoms with van der Waals surface area (Å²) in [5.41, 5.74) is 1.03. The Bertz CT molecular complexity index is 445. The summed E-state index contributed by atoms with van der Waals surface area (Å²) >= 11 is 0. The SMILES string of the molecule is CCCOc1ccc(/C=C/C(=O)N2CCCCC2)cc1. The van der Waals surface area contributed by atoms with Crippen molar-refractivity contribution < 1.29 is 9.53 Å². The highest BCUT2D eigenvalue weighted by atomic mass is 16.5. The molecule has 0 aromatic heterocycles. The van der Waals surface area contributed by atoms with Crippen LogP contribution in [-0.4, -0.2) is 30.5 Å². The van der Waals surface area contributed by atoms with Crippen LogP contribution in [0.5, 0.6) is 5.75 Å². The van der Waals surface area contributed by atoms with Gasteiger partial charge in [0.2, 0.25) is 5.91 Å². The van der Waals surface area contributed by atoms with E-state index in [1.165, 1.54) is 6.42 Å². The van der Waals surface area contributed by atoms with Crippen LogP contribution in [-0.2, 0) is 4.79 Å². The predicted octanol–water partition coefficient (Wildman–Crippen LogP) is 3.50. The molecule has 0 aliphatic carbocycles. The lowest BCUT2D eigenvalue weighted by molar-refractivity contribution is -0.126. The number of amides is 1. The van der Waals surface area contributed by atoms with Crippen LogP contribution in [0.4, 0.5) is 0 Å². The van der Waals surface area contributed by atoms with Gasteiger partial charge >= 0.3 is 0 Å². The van der Waals surface area contributed by atoms with E-state index in [0.717, 1.165) is 50.3 Å². The predicted molar refractivity (Wildman–Crippen MR) is 81.7 cm³/mol. The van der Waals surface area contributed by atoms with Gasteiger partial charge in [0.05, 0.1) is 6.61 Å². The van der Waals surface area contributed by atoms with E-state index in [1.807, 2.05) is 35.2 Å². The number of nitrogens with zero attached hydrogens (tertiary/aromatic N) is 1. The molecule has 108 valence electrons. The Morgan fingerprint density at radius 3 is 2.55 bits per heavy atom. The molecule has 1 aliphatic rings. The summed E-state index contributed by atoms with van der Waals surface area (Å²) in [6.07, 6.45) is 8.05. The number of hydrogen-bond donors (Lipinski definition) is 0. The second kappa shape index (κ2) is 7.73. The Hall–Kier alpha value is -1.77. The Kier molecular flexibility index (Phi) is 5.66. The monoisotopic (exact) mass is 273 g/mol. The van der Waals surface area contributed by atoms with Crippen LogP contribution in [0.15, 0.2) is 30.3 Å². The molecule has 3 heteroatoms. The number of ether oxygens (including phenoxy) is 1. The smallest absolute Gasteiger partial charge is 0.246 e. The maximum atomic E-state index is 12.0. The summed E-state index contributed by atoms with van der Waals surface area (Å²) < 4.78 is 5.53. The molecule has 1 heterocycles. The molecule has 3 nitrogen and oxygen atoms in total. The summed E-state index contributed by atoms with van der Waals surface area (Å²) in [6.45, 7) is 4.62. The van der Waals surface area contributed by atoms with Gasteiger partial charge in [0.15, 0.2) is 0 Å². The molecule has 1 aromatic carbocycles. The van der Waals surface area contributed by atoms with Crippen LogP contribution in [0.25, 0.3) is 6.08 Å². The topological polar surface area (TPSA) is 29.5 Å². The maximum Gasteiger partial charge on any atom is 0.246 e. The van der Waals surface area contributed by atoms with E-state index in [2.05, 4.69) is 6.92 Å². The Balaban J connectivity index is 1.88. The molecule has 1 fully saturated rings. The quantitative estimate of drug-likeness (QED) is 0.768.